The molecule has 1 saturated carbocycles. The van der Waals surface area contributed by atoms with Crippen LogP contribution in [0.4, 0.5) is 4.79 Å². The summed E-state index contributed by atoms with van der Waals surface area (Å²) < 4.78 is 0. The number of benzene rings is 1. The zero-order valence-corrected chi connectivity index (χ0v) is 12.4. The second-order valence-electron chi connectivity index (χ2n) is 5.41. The quantitative estimate of drug-likeness (QED) is 0.747. The molecule has 0 spiro atoms. The van der Waals surface area contributed by atoms with Crippen molar-refractivity contribution in [2.45, 2.75) is 44.7 Å². The lowest BCUT2D eigenvalue weighted by Gasteiger charge is -2.18. The van der Waals surface area contributed by atoms with Gasteiger partial charge in [-0.05, 0) is 37.5 Å². The van der Waals surface area contributed by atoms with Crippen molar-refractivity contribution in [1.29, 1.82) is 0 Å². The summed E-state index contributed by atoms with van der Waals surface area (Å²) in [7, 11) is 0. The van der Waals surface area contributed by atoms with Crippen molar-refractivity contribution < 1.29 is 9.90 Å². The number of amides is 2. The van der Waals surface area contributed by atoms with Gasteiger partial charge in [0.25, 0.3) is 0 Å². The van der Waals surface area contributed by atoms with E-state index in [1.807, 2.05) is 31.2 Å². The van der Waals surface area contributed by atoms with Crippen LogP contribution in [-0.4, -0.2) is 23.8 Å². The molecule has 112 valence electrons. The Morgan fingerprint density at radius 3 is 2.90 bits per heavy atom. The lowest BCUT2D eigenvalue weighted by atomic mass is 10.1. The van der Waals surface area contributed by atoms with Gasteiger partial charge in [0.15, 0.2) is 0 Å². The summed E-state index contributed by atoms with van der Waals surface area (Å²) in [5.74, 6) is 5.50. The Morgan fingerprint density at radius 2 is 2.19 bits per heavy atom. The first-order chi connectivity index (χ1) is 10.2. The van der Waals surface area contributed by atoms with Crippen LogP contribution in [0.1, 0.15) is 49.8 Å². The maximum absolute atomic E-state index is 12.0. The molecular formula is C17H22N2O2. The van der Waals surface area contributed by atoms with Gasteiger partial charge >= 0.3 is 6.03 Å². The Kier molecular flexibility index (Phi) is 5.65. The van der Waals surface area contributed by atoms with Gasteiger partial charge in [-0.15, -0.1) is 0 Å². The van der Waals surface area contributed by atoms with Gasteiger partial charge in [0, 0.05) is 11.6 Å². The maximum atomic E-state index is 12.0. The monoisotopic (exact) mass is 286 g/mol. The molecular weight excluding hydrogens is 264 g/mol. The van der Waals surface area contributed by atoms with Crippen molar-refractivity contribution in [3.63, 3.8) is 0 Å². The van der Waals surface area contributed by atoms with Crippen molar-refractivity contribution in [3.05, 3.63) is 35.4 Å². The molecule has 2 amide bonds. The van der Waals surface area contributed by atoms with E-state index in [4.69, 9.17) is 5.11 Å². The van der Waals surface area contributed by atoms with Crippen molar-refractivity contribution in [2.75, 3.05) is 6.61 Å². The highest BCUT2D eigenvalue weighted by molar-refractivity contribution is 5.74. The van der Waals surface area contributed by atoms with Crippen LogP contribution in [0.2, 0.25) is 0 Å². The van der Waals surface area contributed by atoms with Crippen LogP contribution in [0.5, 0.6) is 0 Å². The van der Waals surface area contributed by atoms with Crippen LogP contribution in [-0.2, 0) is 0 Å². The molecule has 1 aliphatic carbocycles. The van der Waals surface area contributed by atoms with Gasteiger partial charge in [-0.25, -0.2) is 4.79 Å². The van der Waals surface area contributed by atoms with E-state index in [1.54, 1.807) is 0 Å². The molecule has 0 radical (unpaired) electrons. The van der Waals surface area contributed by atoms with Gasteiger partial charge in [0.1, 0.15) is 6.61 Å². The van der Waals surface area contributed by atoms with Crippen LogP contribution in [0.25, 0.3) is 0 Å². The highest BCUT2D eigenvalue weighted by Gasteiger charge is 2.18. The Morgan fingerprint density at radius 1 is 1.43 bits per heavy atom. The number of aliphatic hydroxyl groups excluding tert-OH is 1. The molecule has 1 atom stereocenters. The second-order valence-corrected chi connectivity index (χ2v) is 5.41. The summed E-state index contributed by atoms with van der Waals surface area (Å²) in [6.45, 7) is 1.80. The molecule has 1 aromatic rings. The summed E-state index contributed by atoms with van der Waals surface area (Å²) in [5.41, 5.74) is 1.84. The van der Waals surface area contributed by atoms with Crippen molar-refractivity contribution in [1.82, 2.24) is 10.6 Å². The smallest absolute Gasteiger partial charge is 0.315 e. The largest absolute Gasteiger partial charge is 0.384 e. The topological polar surface area (TPSA) is 61.4 Å². The number of nitrogens with one attached hydrogen (secondary N) is 2. The number of hydrogen-bond acceptors (Lipinski definition) is 2. The fourth-order valence-electron chi connectivity index (χ4n) is 2.60. The predicted molar refractivity (Wildman–Crippen MR) is 82.7 cm³/mol. The summed E-state index contributed by atoms with van der Waals surface area (Å²) >= 11 is 0. The fraction of sp³-hybridized carbons (Fsp3) is 0.471. The zero-order chi connectivity index (χ0) is 15.1. The van der Waals surface area contributed by atoms with Crippen LogP contribution in [0, 0.1) is 11.8 Å². The Bertz CT molecular complexity index is 539. The number of urea groups is 1. The van der Waals surface area contributed by atoms with Crippen molar-refractivity contribution >= 4 is 6.03 Å². The third-order valence-electron chi connectivity index (χ3n) is 3.74. The van der Waals surface area contributed by atoms with E-state index in [0.29, 0.717) is 6.04 Å². The van der Waals surface area contributed by atoms with Crippen LogP contribution in [0.15, 0.2) is 24.3 Å². The molecule has 3 N–H and O–H groups in total. The van der Waals surface area contributed by atoms with Gasteiger partial charge in [0.2, 0.25) is 0 Å². The standard InChI is InChI=1S/C17H22N2O2/c1-13(18-17(21)19-16-9-2-3-10-16)15-8-4-6-14(12-15)7-5-11-20/h4,6,8,12-13,16,20H,2-3,9-11H2,1H3,(H2,18,19,21). The number of carbonyl (C=O) groups is 1. The molecule has 1 fully saturated rings. The van der Waals surface area contributed by atoms with E-state index in [0.717, 1.165) is 24.0 Å². The molecule has 0 saturated heterocycles. The van der Waals surface area contributed by atoms with Gasteiger partial charge in [-0.3, -0.25) is 0 Å². The number of carbonyl (C=O) groups excluding carboxylic acids is 1. The summed E-state index contributed by atoms with van der Waals surface area (Å²) in [6, 6.07) is 7.82. The third-order valence-corrected chi connectivity index (χ3v) is 3.74. The van der Waals surface area contributed by atoms with Crippen molar-refractivity contribution in [2.24, 2.45) is 0 Å². The minimum absolute atomic E-state index is 0.0812. The molecule has 2 rings (SSSR count). The molecule has 1 aliphatic rings. The first-order valence-electron chi connectivity index (χ1n) is 7.46. The van der Waals surface area contributed by atoms with Gasteiger partial charge in [-0.1, -0.05) is 36.8 Å². The predicted octanol–water partition coefficient (Wildman–Crippen LogP) is 2.33. The second kappa shape index (κ2) is 7.70. The SMILES string of the molecule is CC(NC(=O)NC1CCCC1)c1cccc(C#CCO)c1. The maximum Gasteiger partial charge on any atom is 0.315 e. The minimum Gasteiger partial charge on any atom is -0.384 e. The first kappa shape index (κ1) is 15.4. The zero-order valence-electron chi connectivity index (χ0n) is 12.4. The van der Waals surface area contributed by atoms with Crippen LogP contribution >= 0.6 is 0 Å². The molecule has 0 aromatic heterocycles. The van der Waals surface area contributed by atoms with E-state index >= 15 is 0 Å². The molecule has 4 nitrogen and oxygen atoms in total. The lowest BCUT2D eigenvalue weighted by molar-refractivity contribution is 0.234. The number of hydrogen-bond donors (Lipinski definition) is 3. The normalized spacial score (nSPS) is 15.9. The van der Waals surface area contributed by atoms with E-state index in [-0.39, 0.29) is 18.7 Å². The van der Waals surface area contributed by atoms with E-state index in [1.165, 1.54) is 12.8 Å². The third kappa shape index (κ3) is 4.80. The Balaban J connectivity index is 1.92. The summed E-state index contributed by atoms with van der Waals surface area (Å²) in [5, 5.41) is 14.7. The average molecular weight is 286 g/mol. The van der Waals surface area contributed by atoms with Gasteiger partial charge in [-0.2, -0.15) is 0 Å². The van der Waals surface area contributed by atoms with E-state index in [2.05, 4.69) is 22.5 Å². The molecule has 0 aliphatic heterocycles. The minimum atomic E-state index is -0.151. The van der Waals surface area contributed by atoms with Crippen molar-refractivity contribution in [3.8, 4) is 11.8 Å². The fourth-order valence-corrected chi connectivity index (χ4v) is 2.60. The van der Waals surface area contributed by atoms with Gasteiger partial charge < -0.3 is 15.7 Å². The molecule has 0 heterocycles. The Hall–Kier alpha value is -1.99. The first-order valence-corrected chi connectivity index (χ1v) is 7.46. The van der Waals surface area contributed by atoms with Crippen LogP contribution < -0.4 is 10.6 Å². The number of rotatable bonds is 3. The van der Waals surface area contributed by atoms with Gasteiger partial charge in [0.05, 0.1) is 6.04 Å². The molecule has 0 bridgehead atoms. The molecule has 21 heavy (non-hydrogen) atoms. The number of aliphatic hydroxyl groups is 1. The van der Waals surface area contributed by atoms with E-state index < -0.39 is 0 Å². The van der Waals surface area contributed by atoms with Crippen LogP contribution in [0.3, 0.4) is 0 Å². The lowest BCUT2D eigenvalue weighted by Crippen LogP contribution is -2.41. The average Bonchev–Trinajstić information content (AvgIpc) is 2.98. The molecule has 1 aromatic carbocycles. The van der Waals surface area contributed by atoms with E-state index in [9.17, 15) is 4.79 Å². The highest BCUT2D eigenvalue weighted by atomic mass is 16.2. The highest BCUT2D eigenvalue weighted by Crippen LogP contribution is 2.18. The summed E-state index contributed by atoms with van der Waals surface area (Å²) in [6.07, 6.45) is 4.56. The summed E-state index contributed by atoms with van der Waals surface area (Å²) in [4.78, 5) is 12.0. The molecule has 1 unspecified atom stereocenters. The molecule has 4 heteroatoms. The Labute approximate surface area is 125 Å².